The monoisotopic (exact) mass is 383 g/mol. The van der Waals surface area contributed by atoms with Gasteiger partial charge < -0.3 is 20.3 Å². The van der Waals surface area contributed by atoms with E-state index < -0.39 is 17.3 Å². The van der Waals surface area contributed by atoms with E-state index in [2.05, 4.69) is 0 Å². The second-order valence-corrected chi connectivity index (χ2v) is 7.16. The largest absolute Gasteiger partial charge is 0.497 e. The molecule has 3 aromatic carbocycles. The van der Waals surface area contributed by atoms with E-state index in [-0.39, 0.29) is 0 Å². The summed E-state index contributed by atoms with van der Waals surface area (Å²) in [6.45, 7) is 0. The SMILES string of the molecule is COC(=O)C(O)[C@@H](Sc1ccc2ccccc2c1N)c1ccc(OC)cc1. The van der Waals surface area contributed by atoms with Crippen LogP contribution in [0.4, 0.5) is 5.69 Å². The third-order valence-corrected chi connectivity index (χ3v) is 5.75. The molecule has 0 heterocycles. The van der Waals surface area contributed by atoms with Crippen LogP contribution in [-0.4, -0.2) is 31.4 Å². The number of methoxy groups -OCH3 is 2. The van der Waals surface area contributed by atoms with E-state index in [1.165, 1.54) is 18.9 Å². The number of rotatable bonds is 6. The minimum Gasteiger partial charge on any atom is -0.497 e. The fourth-order valence-corrected chi connectivity index (χ4v) is 4.06. The van der Waals surface area contributed by atoms with E-state index in [4.69, 9.17) is 15.2 Å². The molecule has 0 aromatic heterocycles. The van der Waals surface area contributed by atoms with Crippen LogP contribution in [0, 0.1) is 0 Å². The van der Waals surface area contributed by atoms with Crippen molar-refractivity contribution in [1.29, 1.82) is 0 Å². The van der Waals surface area contributed by atoms with Crippen molar-refractivity contribution in [2.24, 2.45) is 0 Å². The van der Waals surface area contributed by atoms with Crippen molar-refractivity contribution in [2.75, 3.05) is 20.0 Å². The lowest BCUT2D eigenvalue weighted by Gasteiger charge is -2.22. The maximum atomic E-state index is 12.0. The Morgan fingerprint density at radius 2 is 1.74 bits per heavy atom. The Hall–Kier alpha value is -2.70. The van der Waals surface area contributed by atoms with Gasteiger partial charge in [0.05, 0.1) is 25.2 Å². The van der Waals surface area contributed by atoms with Crippen LogP contribution in [0.5, 0.6) is 5.75 Å². The number of thioether (sulfide) groups is 1. The Labute approximate surface area is 162 Å². The Morgan fingerprint density at radius 3 is 2.41 bits per heavy atom. The summed E-state index contributed by atoms with van der Waals surface area (Å²) < 4.78 is 9.92. The van der Waals surface area contributed by atoms with Gasteiger partial charge in [-0.15, -0.1) is 11.8 Å². The van der Waals surface area contributed by atoms with Crippen LogP contribution >= 0.6 is 11.8 Å². The summed E-state index contributed by atoms with van der Waals surface area (Å²) in [5, 5.41) is 11.9. The molecule has 3 N–H and O–H groups in total. The van der Waals surface area contributed by atoms with Crippen LogP contribution in [0.25, 0.3) is 10.8 Å². The predicted molar refractivity (Wildman–Crippen MR) is 108 cm³/mol. The highest BCUT2D eigenvalue weighted by Gasteiger charge is 2.30. The third-order valence-electron chi connectivity index (χ3n) is 4.36. The molecular weight excluding hydrogens is 362 g/mol. The van der Waals surface area contributed by atoms with Crippen LogP contribution < -0.4 is 10.5 Å². The molecule has 0 aliphatic carbocycles. The Bertz CT molecular complexity index is 943. The maximum Gasteiger partial charge on any atom is 0.336 e. The second kappa shape index (κ2) is 8.33. The van der Waals surface area contributed by atoms with Crippen molar-refractivity contribution in [3.8, 4) is 5.75 Å². The number of benzene rings is 3. The van der Waals surface area contributed by atoms with Gasteiger partial charge in [-0.3, -0.25) is 0 Å². The molecule has 5 nitrogen and oxygen atoms in total. The lowest BCUT2D eigenvalue weighted by atomic mass is 10.1. The summed E-state index contributed by atoms with van der Waals surface area (Å²) in [4.78, 5) is 12.8. The van der Waals surface area contributed by atoms with E-state index in [1.807, 2.05) is 48.5 Å². The molecule has 0 aliphatic heterocycles. The van der Waals surface area contributed by atoms with Crippen molar-refractivity contribution in [3.05, 3.63) is 66.2 Å². The summed E-state index contributed by atoms with van der Waals surface area (Å²) in [6, 6.07) is 18.9. The number of nitrogen functional groups attached to an aromatic ring is 1. The Morgan fingerprint density at radius 1 is 1.04 bits per heavy atom. The Balaban J connectivity index is 2.00. The van der Waals surface area contributed by atoms with Crippen LogP contribution in [-0.2, 0) is 9.53 Å². The third kappa shape index (κ3) is 4.02. The minimum atomic E-state index is -1.33. The van der Waals surface area contributed by atoms with Gasteiger partial charge in [0.2, 0.25) is 0 Å². The summed E-state index contributed by atoms with van der Waals surface area (Å²) in [5.74, 6) is 0.00274. The summed E-state index contributed by atoms with van der Waals surface area (Å²) >= 11 is 1.33. The number of carbonyl (C=O) groups excluding carboxylic acids is 1. The molecule has 0 fully saturated rings. The number of hydrogen-bond acceptors (Lipinski definition) is 6. The molecule has 0 amide bonds. The molecule has 0 spiro atoms. The van der Waals surface area contributed by atoms with Crippen molar-refractivity contribution in [3.63, 3.8) is 0 Å². The lowest BCUT2D eigenvalue weighted by molar-refractivity contribution is -0.150. The first-order valence-corrected chi connectivity index (χ1v) is 9.27. The normalized spacial score (nSPS) is 13.1. The topological polar surface area (TPSA) is 81.8 Å². The van der Waals surface area contributed by atoms with E-state index in [0.29, 0.717) is 11.4 Å². The Kier molecular flexibility index (Phi) is 5.88. The highest BCUT2D eigenvalue weighted by molar-refractivity contribution is 7.99. The minimum absolute atomic E-state index is 0.577. The van der Waals surface area contributed by atoms with E-state index in [9.17, 15) is 9.90 Å². The summed E-state index contributed by atoms with van der Waals surface area (Å²) in [6.07, 6.45) is -1.33. The molecular formula is C21H21NO4S. The molecule has 27 heavy (non-hydrogen) atoms. The number of anilines is 1. The maximum absolute atomic E-state index is 12.0. The van der Waals surface area contributed by atoms with Gasteiger partial charge in [0.25, 0.3) is 0 Å². The quantitative estimate of drug-likeness (QED) is 0.383. The fraction of sp³-hybridized carbons (Fsp3) is 0.190. The molecule has 0 radical (unpaired) electrons. The van der Waals surface area contributed by atoms with Gasteiger partial charge in [-0.25, -0.2) is 4.79 Å². The highest BCUT2D eigenvalue weighted by Crippen LogP contribution is 2.43. The zero-order valence-corrected chi connectivity index (χ0v) is 15.9. The molecule has 6 heteroatoms. The molecule has 2 atom stereocenters. The van der Waals surface area contributed by atoms with E-state index in [1.54, 1.807) is 19.2 Å². The first-order chi connectivity index (χ1) is 13.0. The summed E-state index contributed by atoms with van der Waals surface area (Å²) in [7, 11) is 2.84. The van der Waals surface area contributed by atoms with Crippen LogP contribution in [0.15, 0.2) is 65.6 Å². The van der Waals surface area contributed by atoms with E-state index >= 15 is 0 Å². The fourth-order valence-electron chi connectivity index (χ4n) is 2.87. The van der Waals surface area contributed by atoms with Gasteiger partial charge in [0, 0.05) is 10.3 Å². The van der Waals surface area contributed by atoms with Gasteiger partial charge in [0.1, 0.15) is 5.75 Å². The molecule has 0 saturated carbocycles. The number of hydrogen-bond donors (Lipinski definition) is 2. The molecule has 0 aliphatic rings. The number of nitrogens with two attached hydrogens (primary N) is 1. The van der Waals surface area contributed by atoms with E-state index in [0.717, 1.165) is 21.2 Å². The lowest BCUT2D eigenvalue weighted by Crippen LogP contribution is -2.27. The first kappa shape index (κ1) is 19.1. The molecule has 140 valence electrons. The number of ether oxygens (including phenoxy) is 2. The number of fused-ring (bicyclic) bond motifs is 1. The van der Waals surface area contributed by atoms with Gasteiger partial charge in [0.15, 0.2) is 6.10 Å². The predicted octanol–water partition coefficient (Wildman–Crippen LogP) is 3.80. The highest BCUT2D eigenvalue weighted by atomic mass is 32.2. The standard InChI is InChI=1S/C21H21NO4S/c1-25-15-10-7-14(8-11-15)20(19(23)21(24)26-2)27-17-12-9-13-5-3-4-6-16(13)18(17)22/h3-12,19-20,23H,22H2,1-2H3/t19?,20-/m0/s1. The average Bonchev–Trinajstić information content (AvgIpc) is 2.72. The van der Waals surface area contributed by atoms with Gasteiger partial charge in [-0.1, -0.05) is 42.5 Å². The number of aliphatic hydroxyl groups excluding tert-OH is 1. The van der Waals surface area contributed by atoms with Crippen LogP contribution in [0.2, 0.25) is 0 Å². The van der Waals surface area contributed by atoms with Crippen molar-refractivity contribution in [2.45, 2.75) is 16.2 Å². The van der Waals surface area contributed by atoms with Gasteiger partial charge in [-0.05, 0) is 29.1 Å². The molecule has 0 saturated heterocycles. The average molecular weight is 383 g/mol. The molecule has 3 rings (SSSR count). The van der Waals surface area contributed by atoms with Crippen molar-refractivity contribution >= 4 is 34.2 Å². The summed E-state index contributed by atoms with van der Waals surface area (Å²) in [5.41, 5.74) is 7.75. The molecule has 1 unspecified atom stereocenters. The number of carbonyl (C=O) groups is 1. The first-order valence-electron chi connectivity index (χ1n) is 8.39. The van der Waals surface area contributed by atoms with Gasteiger partial charge in [-0.2, -0.15) is 0 Å². The van der Waals surface area contributed by atoms with Crippen molar-refractivity contribution in [1.82, 2.24) is 0 Å². The number of esters is 1. The van der Waals surface area contributed by atoms with Crippen molar-refractivity contribution < 1.29 is 19.4 Å². The second-order valence-electron chi connectivity index (χ2n) is 5.98. The number of aliphatic hydroxyl groups is 1. The van der Waals surface area contributed by atoms with Gasteiger partial charge >= 0.3 is 5.97 Å². The van der Waals surface area contributed by atoms with Crippen LogP contribution in [0.3, 0.4) is 0 Å². The van der Waals surface area contributed by atoms with Crippen LogP contribution in [0.1, 0.15) is 10.8 Å². The molecule has 0 bridgehead atoms. The smallest absolute Gasteiger partial charge is 0.336 e. The molecule has 3 aromatic rings. The zero-order chi connectivity index (χ0) is 19.4. The zero-order valence-electron chi connectivity index (χ0n) is 15.1.